The van der Waals surface area contributed by atoms with Gasteiger partial charge in [-0.2, -0.15) is 0 Å². The molecular weight excluding hydrogens is 244 g/mol. The van der Waals surface area contributed by atoms with Crippen LogP contribution in [0.5, 0.6) is 0 Å². The summed E-state index contributed by atoms with van der Waals surface area (Å²) in [7, 11) is 1.65. The minimum atomic E-state index is -0.330. The van der Waals surface area contributed by atoms with Crippen molar-refractivity contribution in [2.45, 2.75) is 57.3 Å². The molecule has 2 N–H and O–H groups in total. The van der Waals surface area contributed by atoms with E-state index in [1.165, 1.54) is 12.8 Å². The van der Waals surface area contributed by atoms with Gasteiger partial charge in [0.2, 0.25) is 0 Å². The van der Waals surface area contributed by atoms with Crippen LogP contribution in [0.25, 0.3) is 0 Å². The topological polar surface area (TPSA) is 59.6 Å². The zero-order valence-corrected chi connectivity index (χ0v) is 12.2. The lowest BCUT2D eigenvalue weighted by Crippen LogP contribution is -2.49. The molecule has 0 radical (unpaired) electrons. The Labute approximate surface area is 115 Å². The Morgan fingerprint density at radius 3 is 2.74 bits per heavy atom. The van der Waals surface area contributed by atoms with Crippen molar-refractivity contribution in [2.24, 2.45) is 5.92 Å². The van der Waals surface area contributed by atoms with E-state index in [2.05, 4.69) is 10.6 Å². The molecule has 2 unspecified atom stereocenters. The first-order chi connectivity index (χ1) is 9.00. The van der Waals surface area contributed by atoms with E-state index < -0.39 is 0 Å². The maximum Gasteiger partial charge on any atom is 0.315 e. The summed E-state index contributed by atoms with van der Waals surface area (Å²) in [5, 5.41) is 5.91. The summed E-state index contributed by atoms with van der Waals surface area (Å²) in [5.41, 5.74) is -0.330. The molecular formula is C14H26N2O3. The standard InChI is InChI=1S/C14H26N2O3/c1-14(2,18-3)9-15-13(17)16-11-6-7-19-12(8-11)10-4-5-10/h10-12H,4-9H2,1-3H3,(H2,15,16,17). The van der Waals surface area contributed by atoms with Gasteiger partial charge in [0.05, 0.1) is 11.7 Å². The molecule has 2 amide bonds. The first-order valence-electron chi connectivity index (χ1n) is 7.21. The highest BCUT2D eigenvalue weighted by atomic mass is 16.5. The van der Waals surface area contributed by atoms with Gasteiger partial charge < -0.3 is 20.1 Å². The van der Waals surface area contributed by atoms with Gasteiger partial charge in [0.25, 0.3) is 0 Å². The van der Waals surface area contributed by atoms with Crippen LogP contribution < -0.4 is 10.6 Å². The van der Waals surface area contributed by atoms with E-state index in [9.17, 15) is 4.79 Å². The molecule has 1 aliphatic heterocycles. The lowest BCUT2D eigenvalue weighted by Gasteiger charge is -2.31. The zero-order chi connectivity index (χ0) is 13.9. The van der Waals surface area contributed by atoms with Crippen LogP contribution in [-0.2, 0) is 9.47 Å². The number of amides is 2. The third-order valence-corrected chi connectivity index (χ3v) is 4.03. The number of carbonyl (C=O) groups excluding carboxylic acids is 1. The summed E-state index contributed by atoms with van der Waals surface area (Å²) in [5.74, 6) is 0.736. The highest BCUT2D eigenvalue weighted by Crippen LogP contribution is 2.38. The summed E-state index contributed by atoms with van der Waals surface area (Å²) < 4.78 is 11.0. The summed E-state index contributed by atoms with van der Waals surface area (Å²) in [4.78, 5) is 11.8. The van der Waals surface area contributed by atoms with Gasteiger partial charge in [-0.1, -0.05) is 0 Å². The number of nitrogens with one attached hydrogen (secondary N) is 2. The van der Waals surface area contributed by atoms with Crippen LogP contribution in [0.15, 0.2) is 0 Å². The van der Waals surface area contributed by atoms with Crippen LogP contribution in [-0.4, -0.2) is 44.0 Å². The zero-order valence-electron chi connectivity index (χ0n) is 12.2. The molecule has 2 atom stereocenters. The second-order valence-electron chi connectivity index (χ2n) is 6.26. The van der Waals surface area contributed by atoms with E-state index in [0.29, 0.717) is 12.6 Å². The molecule has 0 spiro atoms. The van der Waals surface area contributed by atoms with E-state index in [1.54, 1.807) is 7.11 Å². The van der Waals surface area contributed by atoms with Gasteiger partial charge in [-0.15, -0.1) is 0 Å². The van der Waals surface area contributed by atoms with Gasteiger partial charge in [-0.25, -0.2) is 4.79 Å². The van der Waals surface area contributed by atoms with Crippen molar-refractivity contribution in [1.29, 1.82) is 0 Å². The number of methoxy groups -OCH3 is 1. The Hall–Kier alpha value is -0.810. The molecule has 1 saturated carbocycles. The van der Waals surface area contributed by atoms with Crippen LogP contribution in [0.3, 0.4) is 0 Å². The van der Waals surface area contributed by atoms with Crippen LogP contribution in [0.4, 0.5) is 4.79 Å². The third kappa shape index (κ3) is 4.66. The van der Waals surface area contributed by atoms with Gasteiger partial charge >= 0.3 is 6.03 Å². The van der Waals surface area contributed by atoms with Gasteiger partial charge in [0, 0.05) is 26.3 Å². The number of ether oxygens (including phenoxy) is 2. The van der Waals surface area contributed by atoms with Crippen molar-refractivity contribution in [3.63, 3.8) is 0 Å². The number of urea groups is 1. The van der Waals surface area contributed by atoms with Crippen molar-refractivity contribution < 1.29 is 14.3 Å². The van der Waals surface area contributed by atoms with Crippen LogP contribution in [0, 0.1) is 5.92 Å². The van der Waals surface area contributed by atoms with Crippen molar-refractivity contribution >= 4 is 6.03 Å². The van der Waals surface area contributed by atoms with Crippen molar-refractivity contribution in [3.8, 4) is 0 Å². The number of carbonyl (C=O) groups is 1. The van der Waals surface area contributed by atoms with E-state index in [0.717, 1.165) is 25.4 Å². The maximum atomic E-state index is 11.8. The number of hydrogen-bond donors (Lipinski definition) is 2. The fourth-order valence-corrected chi connectivity index (χ4v) is 2.36. The second-order valence-corrected chi connectivity index (χ2v) is 6.26. The van der Waals surface area contributed by atoms with Gasteiger partial charge in [0.15, 0.2) is 0 Å². The predicted octanol–water partition coefficient (Wildman–Crippen LogP) is 1.67. The lowest BCUT2D eigenvalue weighted by molar-refractivity contribution is -0.00951. The van der Waals surface area contributed by atoms with Crippen LogP contribution >= 0.6 is 0 Å². The smallest absolute Gasteiger partial charge is 0.315 e. The highest BCUT2D eigenvalue weighted by molar-refractivity contribution is 5.74. The minimum Gasteiger partial charge on any atom is -0.378 e. The molecule has 2 rings (SSSR count). The average Bonchev–Trinajstić information content (AvgIpc) is 3.21. The third-order valence-electron chi connectivity index (χ3n) is 4.03. The van der Waals surface area contributed by atoms with Crippen LogP contribution in [0.1, 0.15) is 39.5 Å². The van der Waals surface area contributed by atoms with Gasteiger partial charge in [-0.3, -0.25) is 0 Å². The largest absolute Gasteiger partial charge is 0.378 e. The molecule has 0 aromatic heterocycles. The molecule has 2 fully saturated rings. The van der Waals surface area contributed by atoms with E-state index in [-0.39, 0.29) is 17.7 Å². The SMILES string of the molecule is COC(C)(C)CNC(=O)NC1CCOC(C2CC2)C1. The normalized spacial score (nSPS) is 27.9. The first-order valence-corrected chi connectivity index (χ1v) is 7.21. The summed E-state index contributed by atoms with van der Waals surface area (Å²) >= 11 is 0. The summed E-state index contributed by atoms with van der Waals surface area (Å²) in [6.07, 6.45) is 4.78. The van der Waals surface area contributed by atoms with Crippen LogP contribution in [0.2, 0.25) is 0 Å². The Kier molecular flexibility index (Phi) is 4.68. The van der Waals surface area contributed by atoms with Crippen molar-refractivity contribution in [3.05, 3.63) is 0 Å². The Bertz CT molecular complexity index is 316. The fourth-order valence-electron chi connectivity index (χ4n) is 2.36. The molecule has 5 heteroatoms. The fraction of sp³-hybridized carbons (Fsp3) is 0.929. The van der Waals surface area contributed by atoms with Crippen molar-refractivity contribution in [1.82, 2.24) is 10.6 Å². The maximum absolute atomic E-state index is 11.8. The van der Waals surface area contributed by atoms with E-state index >= 15 is 0 Å². The Morgan fingerprint density at radius 1 is 1.37 bits per heavy atom. The Morgan fingerprint density at radius 2 is 2.11 bits per heavy atom. The first kappa shape index (κ1) is 14.6. The molecule has 0 aromatic carbocycles. The minimum absolute atomic E-state index is 0.105. The molecule has 5 nitrogen and oxygen atoms in total. The van der Waals surface area contributed by atoms with Crippen molar-refractivity contribution in [2.75, 3.05) is 20.3 Å². The molecule has 110 valence electrons. The number of hydrogen-bond acceptors (Lipinski definition) is 3. The average molecular weight is 270 g/mol. The lowest BCUT2D eigenvalue weighted by atomic mass is 10.0. The molecule has 1 saturated heterocycles. The number of rotatable bonds is 5. The second kappa shape index (κ2) is 6.09. The predicted molar refractivity (Wildman–Crippen MR) is 73.1 cm³/mol. The summed E-state index contributed by atoms with van der Waals surface area (Å²) in [6.45, 7) is 5.16. The van der Waals surface area contributed by atoms with Gasteiger partial charge in [0.1, 0.15) is 0 Å². The van der Waals surface area contributed by atoms with E-state index in [1.807, 2.05) is 13.8 Å². The quantitative estimate of drug-likeness (QED) is 0.799. The van der Waals surface area contributed by atoms with Gasteiger partial charge in [-0.05, 0) is 45.4 Å². The molecule has 0 bridgehead atoms. The molecule has 0 aromatic rings. The molecule has 19 heavy (non-hydrogen) atoms. The highest BCUT2D eigenvalue weighted by Gasteiger charge is 2.36. The van der Waals surface area contributed by atoms with E-state index in [4.69, 9.17) is 9.47 Å². The monoisotopic (exact) mass is 270 g/mol. The molecule has 1 heterocycles. The molecule has 2 aliphatic rings. The Balaban J connectivity index is 1.69. The molecule has 1 aliphatic carbocycles. The summed E-state index contributed by atoms with van der Waals surface area (Å²) in [6, 6.07) is 0.136.